The van der Waals surface area contributed by atoms with Crippen LogP contribution in [0.25, 0.3) is 0 Å². The molecule has 1 N–H and O–H groups in total. The Labute approximate surface area is 141 Å². The minimum absolute atomic E-state index is 0.125. The van der Waals surface area contributed by atoms with Crippen LogP contribution in [0, 0.1) is 0 Å². The van der Waals surface area contributed by atoms with Crippen LogP contribution in [-0.2, 0) is 12.7 Å². The van der Waals surface area contributed by atoms with E-state index < -0.39 is 17.6 Å². The van der Waals surface area contributed by atoms with Crippen LogP contribution in [0.4, 0.5) is 13.2 Å². The van der Waals surface area contributed by atoms with E-state index in [1.165, 1.54) is 10.7 Å². The Kier molecular flexibility index (Phi) is 4.61. The van der Waals surface area contributed by atoms with Gasteiger partial charge in [-0.25, -0.2) is 4.68 Å². The number of amides is 1. The zero-order chi connectivity index (χ0) is 18.0. The summed E-state index contributed by atoms with van der Waals surface area (Å²) in [5.41, 5.74) is -0.0708. The summed E-state index contributed by atoms with van der Waals surface area (Å²) in [6, 6.07) is 7.14. The van der Waals surface area contributed by atoms with Gasteiger partial charge >= 0.3 is 6.18 Å². The van der Waals surface area contributed by atoms with Crippen molar-refractivity contribution in [3.05, 3.63) is 63.6 Å². The first-order valence-corrected chi connectivity index (χ1v) is 7.88. The standard InChI is InChI=1S/C17H16F3N3O2/c18-17(19,20)13-5-3-12(4-6-13)16(25)21-9-10-23-15(24)8-7-14(22-23)11-1-2-11/h3-8,11H,1-2,9-10H2,(H,21,25). The van der Waals surface area contributed by atoms with Crippen LogP contribution in [0.2, 0.25) is 0 Å². The second-order valence-corrected chi connectivity index (χ2v) is 5.92. The Balaban J connectivity index is 1.57. The van der Waals surface area contributed by atoms with Gasteiger partial charge in [-0.05, 0) is 43.2 Å². The van der Waals surface area contributed by atoms with Gasteiger partial charge in [-0.1, -0.05) is 0 Å². The smallest absolute Gasteiger partial charge is 0.350 e. The van der Waals surface area contributed by atoms with Crippen molar-refractivity contribution < 1.29 is 18.0 Å². The molecule has 0 atom stereocenters. The van der Waals surface area contributed by atoms with Gasteiger partial charge in [0, 0.05) is 24.1 Å². The number of hydrogen-bond acceptors (Lipinski definition) is 3. The van der Waals surface area contributed by atoms with Crippen LogP contribution >= 0.6 is 0 Å². The van der Waals surface area contributed by atoms with Gasteiger partial charge in [0.05, 0.1) is 17.8 Å². The number of nitrogens with one attached hydrogen (secondary N) is 1. The lowest BCUT2D eigenvalue weighted by Crippen LogP contribution is -2.32. The highest BCUT2D eigenvalue weighted by Crippen LogP contribution is 2.38. The van der Waals surface area contributed by atoms with Crippen LogP contribution in [-0.4, -0.2) is 22.2 Å². The Bertz CT molecular complexity index is 824. The largest absolute Gasteiger partial charge is 0.416 e. The summed E-state index contributed by atoms with van der Waals surface area (Å²) in [5.74, 6) is -0.0892. The van der Waals surface area contributed by atoms with E-state index in [4.69, 9.17) is 0 Å². The van der Waals surface area contributed by atoms with Crippen molar-refractivity contribution in [2.45, 2.75) is 31.5 Å². The highest BCUT2D eigenvalue weighted by atomic mass is 19.4. The third-order valence-corrected chi connectivity index (χ3v) is 3.97. The Morgan fingerprint density at radius 2 is 1.84 bits per heavy atom. The van der Waals surface area contributed by atoms with E-state index in [0.717, 1.165) is 42.8 Å². The minimum Gasteiger partial charge on any atom is -0.350 e. The fourth-order valence-corrected chi connectivity index (χ4v) is 2.41. The van der Waals surface area contributed by atoms with Crippen molar-refractivity contribution in [1.82, 2.24) is 15.1 Å². The lowest BCUT2D eigenvalue weighted by atomic mass is 10.1. The summed E-state index contributed by atoms with van der Waals surface area (Å²) < 4.78 is 38.8. The van der Waals surface area contributed by atoms with E-state index in [-0.39, 0.29) is 24.2 Å². The summed E-state index contributed by atoms with van der Waals surface area (Å²) in [6.07, 6.45) is -2.31. The van der Waals surface area contributed by atoms with Gasteiger partial charge in [-0.15, -0.1) is 0 Å². The first kappa shape index (κ1) is 17.2. The molecule has 2 aromatic rings. The number of benzene rings is 1. The van der Waals surface area contributed by atoms with Gasteiger partial charge in [0.15, 0.2) is 0 Å². The minimum atomic E-state index is -4.44. The molecule has 1 heterocycles. The van der Waals surface area contributed by atoms with Gasteiger partial charge < -0.3 is 5.32 Å². The second kappa shape index (κ2) is 6.70. The summed E-state index contributed by atoms with van der Waals surface area (Å²) in [4.78, 5) is 23.7. The maximum atomic E-state index is 12.5. The predicted octanol–water partition coefficient (Wildman–Crippen LogP) is 2.57. The number of rotatable bonds is 5. The Morgan fingerprint density at radius 1 is 1.16 bits per heavy atom. The molecule has 0 radical (unpaired) electrons. The quantitative estimate of drug-likeness (QED) is 0.901. The number of carbonyl (C=O) groups is 1. The molecule has 1 saturated carbocycles. The zero-order valence-corrected chi connectivity index (χ0v) is 13.2. The second-order valence-electron chi connectivity index (χ2n) is 5.92. The molecule has 0 aliphatic heterocycles. The molecule has 0 spiro atoms. The van der Waals surface area contributed by atoms with E-state index in [1.807, 2.05) is 0 Å². The third kappa shape index (κ3) is 4.26. The van der Waals surface area contributed by atoms with Crippen molar-refractivity contribution in [2.75, 3.05) is 6.54 Å². The van der Waals surface area contributed by atoms with Crippen molar-refractivity contribution in [2.24, 2.45) is 0 Å². The van der Waals surface area contributed by atoms with E-state index in [2.05, 4.69) is 10.4 Å². The lowest BCUT2D eigenvalue weighted by molar-refractivity contribution is -0.137. The van der Waals surface area contributed by atoms with E-state index in [9.17, 15) is 22.8 Å². The van der Waals surface area contributed by atoms with Crippen LogP contribution in [0.1, 0.15) is 40.4 Å². The van der Waals surface area contributed by atoms with Crippen LogP contribution in [0.5, 0.6) is 0 Å². The maximum absolute atomic E-state index is 12.5. The molecular formula is C17H16F3N3O2. The van der Waals surface area contributed by atoms with Crippen molar-refractivity contribution in [1.29, 1.82) is 0 Å². The molecule has 0 bridgehead atoms. The number of alkyl halides is 3. The topological polar surface area (TPSA) is 64.0 Å². The van der Waals surface area contributed by atoms with E-state index in [0.29, 0.717) is 5.92 Å². The molecule has 1 aromatic heterocycles. The normalized spacial score (nSPS) is 14.4. The number of aromatic nitrogens is 2. The molecule has 1 fully saturated rings. The summed E-state index contributed by atoms with van der Waals surface area (Å²) in [5, 5.41) is 6.85. The molecule has 1 amide bonds. The molecule has 0 saturated heterocycles. The number of carbonyl (C=O) groups excluding carboxylic acids is 1. The SMILES string of the molecule is O=C(NCCn1nc(C2CC2)ccc1=O)c1ccc(C(F)(F)F)cc1. The van der Waals surface area contributed by atoms with Crippen molar-refractivity contribution >= 4 is 5.91 Å². The molecule has 1 aliphatic rings. The highest BCUT2D eigenvalue weighted by Gasteiger charge is 2.30. The van der Waals surface area contributed by atoms with Crippen LogP contribution in [0.15, 0.2) is 41.2 Å². The summed E-state index contributed by atoms with van der Waals surface area (Å²) >= 11 is 0. The van der Waals surface area contributed by atoms with Gasteiger partial charge in [-0.2, -0.15) is 18.3 Å². The average molecular weight is 351 g/mol. The molecule has 1 aromatic carbocycles. The average Bonchev–Trinajstić information content (AvgIpc) is 3.41. The fraction of sp³-hybridized carbons (Fsp3) is 0.353. The third-order valence-electron chi connectivity index (χ3n) is 3.97. The molecule has 5 nitrogen and oxygen atoms in total. The maximum Gasteiger partial charge on any atom is 0.416 e. The Morgan fingerprint density at radius 3 is 2.44 bits per heavy atom. The lowest BCUT2D eigenvalue weighted by Gasteiger charge is -2.09. The summed E-state index contributed by atoms with van der Waals surface area (Å²) in [6.45, 7) is 0.354. The molecule has 132 valence electrons. The van der Waals surface area contributed by atoms with Gasteiger partial charge in [0.1, 0.15) is 0 Å². The first-order chi connectivity index (χ1) is 11.8. The first-order valence-electron chi connectivity index (χ1n) is 7.88. The molecule has 1 aliphatic carbocycles. The number of halogens is 3. The van der Waals surface area contributed by atoms with Gasteiger partial charge in [0.25, 0.3) is 11.5 Å². The van der Waals surface area contributed by atoms with Crippen molar-refractivity contribution in [3.8, 4) is 0 Å². The number of hydrogen-bond donors (Lipinski definition) is 1. The predicted molar refractivity (Wildman–Crippen MR) is 84.2 cm³/mol. The van der Waals surface area contributed by atoms with E-state index in [1.54, 1.807) is 6.07 Å². The van der Waals surface area contributed by atoms with Crippen molar-refractivity contribution in [3.63, 3.8) is 0 Å². The number of nitrogens with zero attached hydrogens (tertiary/aromatic N) is 2. The zero-order valence-electron chi connectivity index (χ0n) is 13.2. The van der Waals surface area contributed by atoms with Gasteiger partial charge in [0.2, 0.25) is 0 Å². The summed E-state index contributed by atoms with van der Waals surface area (Å²) in [7, 11) is 0. The van der Waals surface area contributed by atoms with E-state index >= 15 is 0 Å². The highest BCUT2D eigenvalue weighted by molar-refractivity contribution is 5.94. The molecular weight excluding hydrogens is 335 g/mol. The molecule has 25 heavy (non-hydrogen) atoms. The van der Waals surface area contributed by atoms with Crippen LogP contribution in [0.3, 0.4) is 0 Å². The van der Waals surface area contributed by atoms with Crippen LogP contribution < -0.4 is 10.9 Å². The van der Waals surface area contributed by atoms with Gasteiger partial charge in [-0.3, -0.25) is 9.59 Å². The fourth-order valence-electron chi connectivity index (χ4n) is 2.41. The monoisotopic (exact) mass is 351 g/mol. The molecule has 8 heteroatoms. The molecule has 0 unspecified atom stereocenters. The Hall–Kier alpha value is -2.64. The molecule has 3 rings (SSSR count).